The van der Waals surface area contributed by atoms with Crippen LogP contribution >= 0.6 is 23.6 Å². The first kappa shape index (κ1) is 11.8. The number of nitrogens with zero attached hydrogens (tertiary/aromatic N) is 1. The van der Waals surface area contributed by atoms with E-state index >= 15 is 0 Å². The number of aromatic nitrogens is 1. The lowest BCUT2D eigenvalue weighted by atomic mass is 10.2. The van der Waals surface area contributed by atoms with E-state index in [4.69, 9.17) is 17.0 Å². The highest BCUT2D eigenvalue weighted by Crippen LogP contribution is 2.16. The lowest BCUT2D eigenvalue weighted by Crippen LogP contribution is -2.34. The number of aryl methyl sites for hydroxylation is 1. The molecule has 1 fully saturated rings. The average Bonchev–Trinajstić information content (AvgIpc) is 2.87. The predicted molar refractivity (Wildman–Crippen MR) is 70.0 cm³/mol. The average molecular weight is 257 g/mol. The smallest absolute Gasteiger partial charge is 0.189 e. The first-order valence-electron chi connectivity index (χ1n) is 5.33. The van der Waals surface area contributed by atoms with Crippen molar-refractivity contribution in [1.82, 2.24) is 10.3 Å². The number of ether oxygens (including phenoxy) is 1. The van der Waals surface area contributed by atoms with Crippen molar-refractivity contribution in [2.45, 2.75) is 25.9 Å². The minimum absolute atomic E-state index is 0.304. The van der Waals surface area contributed by atoms with Gasteiger partial charge in [-0.05, 0) is 32.0 Å². The summed E-state index contributed by atoms with van der Waals surface area (Å²) in [6.45, 7) is 3.67. The molecule has 2 N–H and O–H groups in total. The van der Waals surface area contributed by atoms with Crippen molar-refractivity contribution in [3.8, 4) is 0 Å². The van der Waals surface area contributed by atoms with Crippen LogP contribution in [0.15, 0.2) is 6.20 Å². The minimum Gasteiger partial charge on any atom is -0.376 e. The van der Waals surface area contributed by atoms with Crippen LogP contribution in [0.1, 0.15) is 17.7 Å². The summed E-state index contributed by atoms with van der Waals surface area (Å²) >= 11 is 6.76. The van der Waals surface area contributed by atoms with Crippen molar-refractivity contribution >= 4 is 33.8 Å². The fourth-order valence-electron chi connectivity index (χ4n) is 1.57. The van der Waals surface area contributed by atoms with E-state index in [9.17, 15) is 0 Å². The van der Waals surface area contributed by atoms with Crippen LogP contribution in [0.2, 0.25) is 0 Å². The summed E-state index contributed by atoms with van der Waals surface area (Å²) in [4.78, 5) is 5.35. The quantitative estimate of drug-likeness (QED) is 0.810. The predicted octanol–water partition coefficient (Wildman–Crippen LogP) is 1.92. The third-order valence-electron chi connectivity index (χ3n) is 2.36. The number of anilines is 1. The molecule has 88 valence electrons. The molecule has 0 amide bonds. The van der Waals surface area contributed by atoms with Gasteiger partial charge in [-0.15, -0.1) is 11.3 Å². The molecule has 0 spiro atoms. The number of hydrogen-bond acceptors (Lipinski definition) is 4. The summed E-state index contributed by atoms with van der Waals surface area (Å²) in [5.74, 6) is 0. The zero-order valence-corrected chi connectivity index (χ0v) is 10.8. The number of nitrogens with one attached hydrogen (secondary N) is 2. The number of thiocarbonyl (C=S) groups is 1. The molecule has 0 bridgehead atoms. The van der Waals surface area contributed by atoms with Crippen molar-refractivity contribution in [1.29, 1.82) is 0 Å². The monoisotopic (exact) mass is 257 g/mol. The zero-order valence-electron chi connectivity index (χ0n) is 9.16. The summed E-state index contributed by atoms with van der Waals surface area (Å²) in [7, 11) is 0. The largest absolute Gasteiger partial charge is 0.376 e. The van der Waals surface area contributed by atoms with Gasteiger partial charge >= 0.3 is 0 Å². The third kappa shape index (κ3) is 3.40. The Hall–Kier alpha value is -0.720. The summed E-state index contributed by atoms with van der Waals surface area (Å²) in [6.07, 6.45) is 4.40. The lowest BCUT2D eigenvalue weighted by molar-refractivity contribution is 0.114. The van der Waals surface area contributed by atoms with E-state index in [1.807, 2.05) is 13.1 Å². The van der Waals surface area contributed by atoms with Crippen LogP contribution in [0.3, 0.4) is 0 Å². The molecular formula is C10H15N3OS2. The second-order valence-corrected chi connectivity index (χ2v) is 5.39. The van der Waals surface area contributed by atoms with Gasteiger partial charge in [-0.1, -0.05) is 0 Å². The van der Waals surface area contributed by atoms with Crippen LogP contribution in [-0.2, 0) is 4.74 Å². The second-order valence-electron chi connectivity index (χ2n) is 3.75. The van der Waals surface area contributed by atoms with E-state index in [1.54, 1.807) is 11.3 Å². The maximum atomic E-state index is 5.49. The SMILES string of the molecule is Cc1cnc(NC(=S)NC[C@H]2CCCO2)s1. The maximum absolute atomic E-state index is 5.49. The van der Waals surface area contributed by atoms with Crippen LogP contribution in [0.4, 0.5) is 5.13 Å². The molecular weight excluding hydrogens is 242 g/mol. The topological polar surface area (TPSA) is 46.2 Å². The van der Waals surface area contributed by atoms with E-state index in [-0.39, 0.29) is 0 Å². The Morgan fingerprint density at radius 2 is 2.62 bits per heavy atom. The summed E-state index contributed by atoms with van der Waals surface area (Å²) in [5.41, 5.74) is 0. The lowest BCUT2D eigenvalue weighted by Gasteiger charge is -2.12. The molecule has 6 heteroatoms. The highest BCUT2D eigenvalue weighted by atomic mass is 32.1. The van der Waals surface area contributed by atoms with Crippen molar-refractivity contribution in [2.75, 3.05) is 18.5 Å². The highest BCUT2D eigenvalue weighted by molar-refractivity contribution is 7.80. The van der Waals surface area contributed by atoms with Gasteiger partial charge in [-0.2, -0.15) is 0 Å². The fourth-order valence-corrected chi connectivity index (χ4v) is 2.48. The molecule has 1 saturated heterocycles. The Kier molecular flexibility index (Phi) is 4.09. The Labute approximate surface area is 104 Å². The van der Waals surface area contributed by atoms with Gasteiger partial charge in [0.05, 0.1) is 6.10 Å². The molecule has 0 aromatic carbocycles. The van der Waals surface area contributed by atoms with Gasteiger partial charge < -0.3 is 15.4 Å². The second kappa shape index (κ2) is 5.56. The molecule has 0 aliphatic carbocycles. The highest BCUT2D eigenvalue weighted by Gasteiger charge is 2.15. The number of thiazole rings is 1. The molecule has 1 aliphatic heterocycles. The van der Waals surface area contributed by atoms with E-state index < -0.39 is 0 Å². The number of hydrogen-bond donors (Lipinski definition) is 2. The van der Waals surface area contributed by atoms with Crippen LogP contribution in [-0.4, -0.2) is 29.4 Å². The van der Waals surface area contributed by atoms with Gasteiger partial charge in [0.15, 0.2) is 10.2 Å². The van der Waals surface area contributed by atoms with Gasteiger partial charge in [0.2, 0.25) is 0 Å². The Morgan fingerprint density at radius 1 is 1.75 bits per heavy atom. The molecule has 0 unspecified atom stereocenters. The van der Waals surface area contributed by atoms with Gasteiger partial charge in [-0.25, -0.2) is 4.98 Å². The van der Waals surface area contributed by atoms with Crippen molar-refractivity contribution in [2.24, 2.45) is 0 Å². The van der Waals surface area contributed by atoms with Gasteiger partial charge in [0, 0.05) is 24.2 Å². The maximum Gasteiger partial charge on any atom is 0.189 e. The van der Waals surface area contributed by atoms with E-state index in [1.165, 1.54) is 4.88 Å². The summed E-state index contributed by atoms with van der Waals surface area (Å²) in [5, 5.41) is 7.65. The third-order valence-corrected chi connectivity index (χ3v) is 3.43. The van der Waals surface area contributed by atoms with Crippen molar-refractivity contribution in [3.05, 3.63) is 11.1 Å². The Bertz CT molecular complexity index is 361. The standard InChI is InChI=1S/C10H15N3OS2/c1-7-5-12-10(16-7)13-9(15)11-6-8-3-2-4-14-8/h5,8H,2-4,6H2,1H3,(H2,11,12,13,15)/t8-/m1/s1. The molecule has 0 saturated carbocycles. The first-order chi connectivity index (χ1) is 7.74. The van der Waals surface area contributed by atoms with Crippen molar-refractivity contribution < 1.29 is 4.74 Å². The zero-order chi connectivity index (χ0) is 11.4. The van der Waals surface area contributed by atoms with Gasteiger partial charge in [-0.3, -0.25) is 0 Å². The van der Waals surface area contributed by atoms with Gasteiger partial charge in [0.25, 0.3) is 0 Å². The van der Waals surface area contributed by atoms with E-state index in [0.717, 1.165) is 31.1 Å². The van der Waals surface area contributed by atoms with E-state index in [0.29, 0.717) is 11.2 Å². The van der Waals surface area contributed by atoms with Gasteiger partial charge in [0.1, 0.15) is 0 Å². The van der Waals surface area contributed by atoms with Crippen LogP contribution < -0.4 is 10.6 Å². The molecule has 16 heavy (non-hydrogen) atoms. The van der Waals surface area contributed by atoms with E-state index in [2.05, 4.69) is 15.6 Å². The van der Waals surface area contributed by atoms with Crippen LogP contribution in [0.5, 0.6) is 0 Å². The summed E-state index contributed by atoms with van der Waals surface area (Å²) < 4.78 is 5.49. The van der Waals surface area contributed by atoms with Crippen LogP contribution in [0.25, 0.3) is 0 Å². The van der Waals surface area contributed by atoms with Crippen LogP contribution in [0, 0.1) is 6.92 Å². The molecule has 2 rings (SSSR count). The molecule has 1 aliphatic rings. The molecule has 4 nitrogen and oxygen atoms in total. The minimum atomic E-state index is 0.304. The Morgan fingerprint density at radius 3 is 3.25 bits per heavy atom. The number of rotatable bonds is 3. The summed E-state index contributed by atoms with van der Waals surface area (Å²) in [6, 6.07) is 0. The molecule has 1 atom stereocenters. The fraction of sp³-hybridized carbons (Fsp3) is 0.600. The normalized spacial score (nSPS) is 19.7. The molecule has 0 radical (unpaired) electrons. The first-order valence-corrected chi connectivity index (χ1v) is 6.55. The molecule has 1 aromatic heterocycles. The molecule has 2 heterocycles. The Balaban J connectivity index is 1.71. The molecule has 1 aromatic rings. The van der Waals surface area contributed by atoms with Crippen molar-refractivity contribution in [3.63, 3.8) is 0 Å².